The van der Waals surface area contributed by atoms with Gasteiger partial charge in [-0.2, -0.15) is 0 Å². The van der Waals surface area contributed by atoms with E-state index in [1.807, 2.05) is 51.1 Å². The molecule has 0 aliphatic carbocycles. The highest BCUT2D eigenvalue weighted by Gasteiger charge is 2.20. The molecule has 0 amide bonds. The first-order valence-corrected chi connectivity index (χ1v) is 16.9. The summed E-state index contributed by atoms with van der Waals surface area (Å²) in [7, 11) is 1.64. The summed E-state index contributed by atoms with van der Waals surface area (Å²) >= 11 is 7.74. The summed E-state index contributed by atoms with van der Waals surface area (Å²) in [5.74, 6) is 0.796. The van der Waals surface area contributed by atoms with Crippen LogP contribution in [-0.4, -0.2) is 54.0 Å². The van der Waals surface area contributed by atoms with Crippen molar-refractivity contribution in [2.24, 2.45) is 0 Å². The van der Waals surface area contributed by atoms with Gasteiger partial charge >= 0.3 is 0 Å². The normalized spacial score (nSPS) is 11.8. The van der Waals surface area contributed by atoms with Crippen molar-refractivity contribution in [1.29, 1.82) is 0 Å². The zero-order valence-electron chi connectivity index (χ0n) is 28.9. The molecule has 1 aliphatic rings. The van der Waals surface area contributed by atoms with E-state index < -0.39 is 0 Å². The standard InChI is InChI=1S/C12H22N2OS.C11H10ClNO.C5H11N.C4H8.C2H6.C2H2/c1-5-10-9(2)14-11(16-10)8-12(3,4)13-6-7-15;1-7-5-8-3-4-9(14-2)6-10(8)13-11(7)12;1-2-4-6-5-3-1;1-3-4-2;2*1-2/h13,15H,5-8H2,1-4H3;3-6H,1-2H3;6H,1-5H2;3H,1,4H2,2H3;1-2H3;1-2H. The summed E-state index contributed by atoms with van der Waals surface area (Å²) in [5, 5.41) is 18.2. The van der Waals surface area contributed by atoms with Crippen LogP contribution in [0.5, 0.6) is 5.75 Å². The fraction of sp³-hybridized carbons (Fsp3) is 0.556. The Kier molecular flexibility index (Phi) is 26.7. The Morgan fingerprint density at radius 1 is 1.11 bits per heavy atom. The number of ether oxygens (including phenoxy) is 1. The Morgan fingerprint density at radius 2 is 1.73 bits per heavy atom. The van der Waals surface area contributed by atoms with Gasteiger partial charge in [0.1, 0.15) is 10.9 Å². The van der Waals surface area contributed by atoms with Crippen LogP contribution in [0.15, 0.2) is 36.9 Å². The molecule has 248 valence electrons. The average molecular weight is 647 g/mol. The maximum atomic E-state index is 8.81. The monoisotopic (exact) mass is 646 g/mol. The Balaban J connectivity index is 0. The minimum absolute atomic E-state index is 0.00195. The molecule has 0 unspecified atom stereocenters. The lowest BCUT2D eigenvalue weighted by Gasteiger charge is -2.24. The number of halogens is 1. The van der Waals surface area contributed by atoms with Gasteiger partial charge in [-0.05, 0) is 90.2 Å². The molecule has 3 aromatic rings. The number of aryl methyl sites for hydroxylation is 3. The first-order chi connectivity index (χ1) is 21.1. The second-order valence-electron chi connectivity index (χ2n) is 10.3. The third kappa shape index (κ3) is 19.0. The minimum Gasteiger partial charge on any atom is -0.497 e. The van der Waals surface area contributed by atoms with E-state index in [4.69, 9.17) is 21.4 Å². The van der Waals surface area contributed by atoms with Crippen molar-refractivity contribution in [2.45, 2.75) is 99.5 Å². The van der Waals surface area contributed by atoms with Gasteiger partial charge in [-0.25, -0.2) is 9.97 Å². The Bertz CT molecular complexity index is 1160. The molecule has 0 bridgehead atoms. The molecular weight excluding hydrogens is 588 g/mol. The SMILES string of the molecule is C#C.C1CCNCC1.C=CCC.CC.CCc1sc(CC(C)(C)NCCO)nc1C.COc1ccc2cc(C)c(Cl)nc2c1. The first-order valence-electron chi connectivity index (χ1n) is 15.7. The predicted octanol–water partition coefficient (Wildman–Crippen LogP) is 8.74. The van der Waals surface area contributed by atoms with E-state index in [-0.39, 0.29) is 12.1 Å². The van der Waals surface area contributed by atoms with Crippen molar-refractivity contribution in [1.82, 2.24) is 20.6 Å². The van der Waals surface area contributed by atoms with Gasteiger partial charge in [0.25, 0.3) is 0 Å². The van der Waals surface area contributed by atoms with Gasteiger partial charge in [0.2, 0.25) is 0 Å². The van der Waals surface area contributed by atoms with Gasteiger partial charge in [0, 0.05) is 34.8 Å². The van der Waals surface area contributed by atoms with Crippen molar-refractivity contribution in [3.05, 3.63) is 63.2 Å². The van der Waals surface area contributed by atoms with Gasteiger partial charge in [-0.15, -0.1) is 30.8 Å². The third-order valence-electron chi connectivity index (χ3n) is 6.22. The Labute approximate surface area is 278 Å². The van der Waals surface area contributed by atoms with Crippen LogP contribution in [0.3, 0.4) is 0 Å². The number of aliphatic hydroxyl groups excluding tert-OH is 1. The maximum Gasteiger partial charge on any atom is 0.132 e. The van der Waals surface area contributed by atoms with Crippen LogP contribution in [0.4, 0.5) is 0 Å². The molecule has 1 aliphatic heterocycles. The van der Waals surface area contributed by atoms with E-state index in [1.54, 1.807) is 18.4 Å². The molecule has 3 N–H and O–H groups in total. The molecule has 44 heavy (non-hydrogen) atoms. The summed E-state index contributed by atoms with van der Waals surface area (Å²) in [6, 6.07) is 7.78. The van der Waals surface area contributed by atoms with Crippen LogP contribution < -0.4 is 15.4 Å². The highest BCUT2D eigenvalue weighted by atomic mass is 35.5. The van der Waals surface area contributed by atoms with Crippen molar-refractivity contribution in [2.75, 3.05) is 33.4 Å². The number of piperidine rings is 1. The quantitative estimate of drug-likeness (QED) is 0.129. The molecule has 0 spiro atoms. The highest BCUT2D eigenvalue weighted by Crippen LogP contribution is 2.24. The number of fused-ring (bicyclic) bond motifs is 1. The summed E-state index contributed by atoms with van der Waals surface area (Å²) in [6.07, 6.45) is 17.2. The highest BCUT2D eigenvalue weighted by molar-refractivity contribution is 7.11. The Morgan fingerprint density at radius 3 is 2.16 bits per heavy atom. The molecule has 0 radical (unpaired) electrons. The molecule has 8 heteroatoms. The predicted molar refractivity (Wildman–Crippen MR) is 196 cm³/mol. The number of terminal acetylenes is 1. The molecule has 1 saturated heterocycles. The van der Waals surface area contributed by atoms with E-state index in [1.165, 1.54) is 47.9 Å². The minimum atomic E-state index is -0.00195. The molecule has 1 fully saturated rings. The van der Waals surface area contributed by atoms with E-state index in [2.05, 4.69) is 74.6 Å². The maximum absolute atomic E-state index is 8.81. The number of nitrogens with one attached hydrogen (secondary N) is 2. The zero-order valence-corrected chi connectivity index (χ0v) is 30.4. The lowest BCUT2D eigenvalue weighted by atomic mass is 10.0. The number of pyridine rings is 1. The fourth-order valence-electron chi connectivity index (χ4n) is 3.88. The van der Waals surface area contributed by atoms with Gasteiger partial charge in [0.15, 0.2) is 0 Å². The van der Waals surface area contributed by atoms with Crippen molar-refractivity contribution in [3.8, 4) is 18.6 Å². The average Bonchev–Trinajstić information content (AvgIpc) is 3.41. The number of nitrogens with zero attached hydrogens (tertiary/aromatic N) is 2. The summed E-state index contributed by atoms with van der Waals surface area (Å²) in [5.41, 5.74) is 3.02. The third-order valence-corrected chi connectivity index (χ3v) is 7.90. The largest absolute Gasteiger partial charge is 0.497 e. The molecule has 0 saturated carbocycles. The lowest BCUT2D eigenvalue weighted by molar-refractivity contribution is 0.265. The van der Waals surface area contributed by atoms with Crippen LogP contribution in [-0.2, 0) is 12.8 Å². The molecule has 0 atom stereocenters. The summed E-state index contributed by atoms with van der Waals surface area (Å²) in [6.45, 7) is 23.3. The van der Waals surface area contributed by atoms with Gasteiger partial charge in [-0.3, -0.25) is 0 Å². The van der Waals surface area contributed by atoms with Gasteiger partial charge < -0.3 is 20.5 Å². The first kappa shape index (κ1) is 43.7. The van der Waals surface area contributed by atoms with Gasteiger partial charge in [-0.1, -0.05) is 51.8 Å². The number of aromatic nitrogens is 2. The number of hydrogen-bond donors (Lipinski definition) is 3. The van der Waals surface area contributed by atoms with Gasteiger partial charge in [0.05, 0.1) is 29.9 Å². The van der Waals surface area contributed by atoms with Crippen molar-refractivity contribution in [3.63, 3.8) is 0 Å². The number of thiazole rings is 1. The Hall–Kier alpha value is -2.47. The lowest BCUT2D eigenvalue weighted by Crippen LogP contribution is -2.42. The van der Waals surface area contributed by atoms with Crippen LogP contribution >= 0.6 is 22.9 Å². The second kappa shape index (κ2) is 26.9. The smallest absolute Gasteiger partial charge is 0.132 e. The zero-order chi connectivity index (χ0) is 34.0. The topological polar surface area (TPSA) is 79.3 Å². The number of rotatable bonds is 8. The number of β-amino-alcohol motifs (C(OH)–C–C–N with tert-alkyl or cyclic N) is 1. The number of aliphatic hydroxyl groups is 1. The molecule has 3 heterocycles. The van der Waals surface area contributed by atoms with Crippen molar-refractivity contribution >= 4 is 33.8 Å². The molecular formula is C36H59ClN4O2S. The molecule has 4 rings (SSSR count). The number of hydrogen-bond acceptors (Lipinski definition) is 7. The van der Waals surface area contributed by atoms with Crippen LogP contribution in [0, 0.1) is 26.7 Å². The second-order valence-corrected chi connectivity index (χ2v) is 11.9. The number of benzene rings is 1. The molecule has 2 aromatic heterocycles. The molecule has 6 nitrogen and oxygen atoms in total. The summed E-state index contributed by atoms with van der Waals surface area (Å²) in [4.78, 5) is 10.2. The van der Waals surface area contributed by atoms with Crippen LogP contribution in [0.2, 0.25) is 5.15 Å². The number of methoxy groups -OCH3 is 1. The van der Waals surface area contributed by atoms with E-state index in [0.717, 1.165) is 41.5 Å². The molecule has 1 aromatic carbocycles. The van der Waals surface area contributed by atoms with Crippen LogP contribution in [0.25, 0.3) is 10.9 Å². The summed E-state index contributed by atoms with van der Waals surface area (Å²) < 4.78 is 5.11. The van der Waals surface area contributed by atoms with E-state index in [0.29, 0.717) is 11.7 Å². The van der Waals surface area contributed by atoms with Crippen molar-refractivity contribution < 1.29 is 9.84 Å². The van der Waals surface area contributed by atoms with Crippen LogP contribution in [0.1, 0.15) is 88.4 Å². The van der Waals surface area contributed by atoms with E-state index >= 15 is 0 Å². The number of allylic oxidation sites excluding steroid dienone is 1. The van der Waals surface area contributed by atoms with E-state index in [9.17, 15) is 0 Å². The fourth-order valence-corrected chi connectivity index (χ4v) is 5.27.